The van der Waals surface area contributed by atoms with E-state index >= 15 is 0 Å². The molecule has 14 heteroatoms. The summed E-state index contributed by atoms with van der Waals surface area (Å²) in [5.74, 6) is -4.03. The summed E-state index contributed by atoms with van der Waals surface area (Å²) in [6.45, 7) is 0.404. The number of H-pyrrole nitrogens is 1. The topological polar surface area (TPSA) is 220 Å². The number of imidazole rings is 1. The maximum atomic E-state index is 12.5. The fourth-order valence-corrected chi connectivity index (χ4v) is 2.46. The third kappa shape index (κ3) is 7.62. The number of aliphatic carboxylic acids is 1. The number of aromatic amines is 1. The van der Waals surface area contributed by atoms with E-state index in [1.807, 2.05) is 0 Å². The van der Waals surface area contributed by atoms with E-state index in [1.165, 1.54) is 19.4 Å². The molecule has 0 aromatic carbocycles. The Morgan fingerprint density at radius 2 is 1.80 bits per heavy atom. The predicted octanol–water partition coefficient (Wildman–Crippen LogP) is -3.88. The fraction of sp³-hybridized carbons (Fsp3) is 0.562. The molecule has 0 aliphatic rings. The first-order valence-electron chi connectivity index (χ1n) is 8.87. The summed E-state index contributed by atoms with van der Waals surface area (Å²) in [5, 5.41) is 35.2. The van der Waals surface area contributed by atoms with Gasteiger partial charge in [0, 0.05) is 24.1 Å². The number of carboxylic acid groups (broad SMARTS) is 1. The maximum absolute atomic E-state index is 12.5. The molecule has 9 N–H and O–H groups in total. The number of carbonyl (C=O) groups is 4. The van der Waals surface area contributed by atoms with Gasteiger partial charge in [-0.2, -0.15) is 12.6 Å². The minimum Gasteiger partial charge on any atom is -0.480 e. The zero-order chi connectivity index (χ0) is 22.8. The van der Waals surface area contributed by atoms with Crippen molar-refractivity contribution in [3.8, 4) is 0 Å². The molecule has 168 valence electrons. The van der Waals surface area contributed by atoms with E-state index < -0.39 is 60.6 Å². The highest BCUT2D eigenvalue weighted by atomic mass is 32.1. The van der Waals surface area contributed by atoms with Gasteiger partial charge in [0.05, 0.1) is 25.1 Å². The molecule has 0 fully saturated rings. The van der Waals surface area contributed by atoms with E-state index in [9.17, 15) is 34.5 Å². The Morgan fingerprint density at radius 3 is 2.27 bits per heavy atom. The van der Waals surface area contributed by atoms with Gasteiger partial charge in [-0.1, -0.05) is 0 Å². The first-order chi connectivity index (χ1) is 14.1. The van der Waals surface area contributed by atoms with E-state index in [0.29, 0.717) is 5.69 Å². The summed E-state index contributed by atoms with van der Waals surface area (Å²) in [4.78, 5) is 54.6. The molecular weight excluding hydrogens is 420 g/mol. The lowest BCUT2D eigenvalue weighted by molar-refractivity contribution is -0.143. The van der Waals surface area contributed by atoms with Crippen molar-refractivity contribution in [1.82, 2.24) is 25.9 Å². The largest absolute Gasteiger partial charge is 0.480 e. The minimum absolute atomic E-state index is 0.00276. The number of aromatic nitrogens is 2. The zero-order valence-corrected chi connectivity index (χ0v) is 17.0. The Bertz CT molecular complexity index is 730. The van der Waals surface area contributed by atoms with Crippen LogP contribution in [0.25, 0.3) is 0 Å². The first-order valence-corrected chi connectivity index (χ1v) is 9.50. The number of nitrogens with one attached hydrogen (secondary N) is 4. The second kappa shape index (κ2) is 12.1. The van der Waals surface area contributed by atoms with Gasteiger partial charge >= 0.3 is 5.97 Å². The van der Waals surface area contributed by atoms with Crippen LogP contribution in [0.15, 0.2) is 12.5 Å². The molecule has 0 saturated heterocycles. The Hall–Kier alpha value is -2.68. The first kappa shape index (κ1) is 25.4. The third-order valence-corrected chi connectivity index (χ3v) is 4.40. The highest BCUT2D eigenvalue weighted by molar-refractivity contribution is 7.80. The number of hydrogen-bond donors (Lipinski definition) is 9. The molecule has 0 saturated carbocycles. The average molecular weight is 446 g/mol. The second-order valence-corrected chi connectivity index (χ2v) is 6.81. The summed E-state index contributed by atoms with van der Waals surface area (Å²) in [6.07, 6.45) is 1.21. The zero-order valence-electron chi connectivity index (χ0n) is 16.1. The number of carbonyl (C=O) groups excluding carboxylic acids is 3. The molecule has 0 aliphatic heterocycles. The summed E-state index contributed by atoms with van der Waals surface area (Å²) in [5.41, 5.74) is 5.94. The van der Waals surface area contributed by atoms with Gasteiger partial charge in [-0.05, 0) is 6.92 Å². The number of rotatable bonds is 12. The van der Waals surface area contributed by atoms with Crippen molar-refractivity contribution in [2.45, 2.75) is 43.6 Å². The molecule has 1 rings (SSSR count). The van der Waals surface area contributed by atoms with Crippen molar-refractivity contribution < 1.29 is 34.5 Å². The van der Waals surface area contributed by atoms with E-state index in [0.717, 1.165) is 0 Å². The molecule has 5 unspecified atom stereocenters. The normalized spacial score (nSPS) is 15.9. The number of nitrogens with two attached hydrogens (primary N) is 1. The molecule has 0 spiro atoms. The lowest BCUT2D eigenvalue weighted by Crippen LogP contribution is -2.60. The molecule has 0 radical (unpaired) electrons. The van der Waals surface area contributed by atoms with Crippen LogP contribution in [0.2, 0.25) is 0 Å². The highest BCUT2D eigenvalue weighted by Gasteiger charge is 2.32. The SMILES string of the molecule is CC(O)C(NC(=O)C(CO)NC(=O)C(N)CS)C(=O)NC(Cc1cnc[nH]1)C(=O)O. The number of carboxylic acids is 1. The standard InChI is InChI=1S/C16H26N6O7S/c1-7(24)12(22-14(26)11(4-23)21-13(25)9(17)5-30)15(27)20-10(16(28)29)2-8-3-18-6-19-8/h3,6-7,9-12,23-24,30H,2,4-5,17H2,1H3,(H,18,19)(H,20,27)(H,21,25)(H,22,26)(H,28,29). The van der Waals surface area contributed by atoms with Crippen molar-refractivity contribution >= 4 is 36.3 Å². The number of aliphatic hydroxyl groups is 2. The van der Waals surface area contributed by atoms with Gasteiger partial charge in [0.25, 0.3) is 0 Å². The van der Waals surface area contributed by atoms with Crippen molar-refractivity contribution in [2.24, 2.45) is 5.73 Å². The molecule has 30 heavy (non-hydrogen) atoms. The van der Waals surface area contributed by atoms with Crippen LogP contribution in [-0.2, 0) is 25.6 Å². The molecule has 3 amide bonds. The second-order valence-electron chi connectivity index (χ2n) is 6.44. The van der Waals surface area contributed by atoms with Gasteiger partial charge in [-0.3, -0.25) is 14.4 Å². The smallest absolute Gasteiger partial charge is 0.326 e. The van der Waals surface area contributed by atoms with Crippen molar-refractivity contribution in [3.63, 3.8) is 0 Å². The van der Waals surface area contributed by atoms with Gasteiger partial charge in [0.2, 0.25) is 17.7 Å². The van der Waals surface area contributed by atoms with Crippen LogP contribution in [0.5, 0.6) is 0 Å². The van der Waals surface area contributed by atoms with E-state index in [1.54, 1.807) is 0 Å². The summed E-state index contributed by atoms with van der Waals surface area (Å²) >= 11 is 3.86. The Labute approximate surface area is 177 Å². The lowest BCUT2D eigenvalue weighted by atomic mass is 10.1. The van der Waals surface area contributed by atoms with Crippen LogP contribution in [0.1, 0.15) is 12.6 Å². The van der Waals surface area contributed by atoms with Crippen LogP contribution < -0.4 is 21.7 Å². The van der Waals surface area contributed by atoms with Crippen molar-refractivity contribution in [1.29, 1.82) is 0 Å². The summed E-state index contributed by atoms with van der Waals surface area (Å²) in [7, 11) is 0. The van der Waals surface area contributed by atoms with Crippen LogP contribution in [-0.4, -0.2) is 91.6 Å². The lowest BCUT2D eigenvalue weighted by Gasteiger charge is -2.25. The van der Waals surface area contributed by atoms with E-state index in [-0.39, 0.29) is 12.2 Å². The molecule has 1 aromatic rings. The molecule has 0 bridgehead atoms. The fourth-order valence-electron chi connectivity index (χ4n) is 2.29. The highest BCUT2D eigenvalue weighted by Crippen LogP contribution is 2.02. The Kier molecular flexibility index (Phi) is 10.2. The van der Waals surface area contributed by atoms with Crippen LogP contribution in [0.4, 0.5) is 0 Å². The molecule has 1 aromatic heterocycles. The van der Waals surface area contributed by atoms with Gasteiger partial charge in [-0.15, -0.1) is 0 Å². The number of amides is 3. The quantitative estimate of drug-likeness (QED) is 0.143. The summed E-state index contributed by atoms with van der Waals surface area (Å²) in [6, 6.07) is -5.38. The molecule has 1 heterocycles. The predicted molar refractivity (Wildman–Crippen MR) is 106 cm³/mol. The minimum atomic E-state index is -1.55. The third-order valence-electron chi connectivity index (χ3n) is 4.01. The number of nitrogens with zero attached hydrogens (tertiary/aromatic N) is 1. The van der Waals surface area contributed by atoms with Crippen molar-refractivity contribution in [3.05, 3.63) is 18.2 Å². The van der Waals surface area contributed by atoms with Gasteiger partial charge < -0.3 is 42.0 Å². The summed E-state index contributed by atoms with van der Waals surface area (Å²) < 4.78 is 0. The van der Waals surface area contributed by atoms with E-state index in [4.69, 9.17) is 5.73 Å². The molecule has 13 nitrogen and oxygen atoms in total. The van der Waals surface area contributed by atoms with E-state index in [2.05, 4.69) is 38.5 Å². The molecular formula is C16H26N6O7S. The Balaban J connectivity index is 2.83. The number of hydrogen-bond acceptors (Lipinski definition) is 9. The van der Waals surface area contributed by atoms with Crippen molar-refractivity contribution in [2.75, 3.05) is 12.4 Å². The average Bonchev–Trinajstić information content (AvgIpc) is 3.21. The number of thiol groups is 1. The van der Waals surface area contributed by atoms with Crippen LogP contribution in [0, 0.1) is 0 Å². The molecule has 0 aliphatic carbocycles. The van der Waals surface area contributed by atoms with Crippen LogP contribution >= 0.6 is 12.6 Å². The Morgan fingerprint density at radius 1 is 1.17 bits per heavy atom. The van der Waals surface area contributed by atoms with Gasteiger partial charge in [0.15, 0.2) is 0 Å². The number of aliphatic hydroxyl groups excluding tert-OH is 2. The molecule has 5 atom stereocenters. The maximum Gasteiger partial charge on any atom is 0.326 e. The monoisotopic (exact) mass is 446 g/mol. The van der Waals surface area contributed by atoms with Gasteiger partial charge in [0.1, 0.15) is 18.1 Å². The van der Waals surface area contributed by atoms with Crippen LogP contribution in [0.3, 0.4) is 0 Å². The van der Waals surface area contributed by atoms with Gasteiger partial charge in [-0.25, -0.2) is 9.78 Å².